The van der Waals surface area contributed by atoms with Crippen LogP contribution in [-0.2, 0) is 31.3 Å². The smallest absolute Gasteiger partial charge is 0.240 e. The molecule has 0 saturated carbocycles. The molecule has 142 valence electrons. The lowest BCUT2D eigenvalue weighted by atomic mass is 10.2. The summed E-state index contributed by atoms with van der Waals surface area (Å²) in [5.74, 6) is 0. The van der Waals surface area contributed by atoms with E-state index < -0.39 is 20.0 Å². The zero-order valence-electron chi connectivity index (χ0n) is 14.0. The van der Waals surface area contributed by atoms with Crippen molar-refractivity contribution in [1.29, 1.82) is 0 Å². The molecule has 0 aliphatic heterocycles. The summed E-state index contributed by atoms with van der Waals surface area (Å²) in [5.41, 5.74) is 0.624. The van der Waals surface area contributed by atoms with Crippen molar-refractivity contribution in [3.8, 4) is 0 Å². The number of hydrogen-bond acceptors (Lipinski definition) is 5. The van der Waals surface area contributed by atoms with Crippen molar-refractivity contribution in [1.82, 2.24) is 9.44 Å². The first-order valence-corrected chi connectivity index (χ1v) is 10.9. The van der Waals surface area contributed by atoms with E-state index in [0.717, 1.165) is 0 Å². The van der Waals surface area contributed by atoms with Gasteiger partial charge in [-0.1, -0.05) is 23.7 Å². The number of ether oxygens (including phenoxy) is 1. The van der Waals surface area contributed by atoms with E-state index in [1.54, 1.807) is 12.1 Å². The normalized spacial score (nSPS) is 12.2. The van der Waals surface area contributed by atoms with Gasteiger partial charge in [-0.2, -0.15) is 0 Å². The Bertz CT molecular complexity index is 928. The summed E-state index contributed by atoms with van der Waals surface area (Å²) in [7, 11) is -5.82. The summed E-state index contributed by atoms with van der Waals surface area (Å²) in [6.07, 6.45) is 0. The lowest BCUT2D eigenvalue weighted by Gasteiger charge is -2.09. The molecule has 0 bridgehead atoms. The van der Waals surface area contributed by atoms with Crippen LogP contribution in [0.2, 0.25) is 5.02 Å². The Kier molecular flexibility index (Phi) is 7.16. The molecule has 26 heavy (non-hydrogen) atoms. The highest BCUT2D eigenvalue weighted by Crippen LogP contribution is 2.15. The van der Waals surface area contributed by atoms with E-state index in [9.17, 15) is 16.8 Å². The molecule has 0 heterocycles. The minimum absolute atomic E-state index is 0.0301. The predicted octanol–water partition coefficient (Wildman–Crippen LogP) is 1.74. The van der Waals surface area contributed by atoms with Gasteiger partial charge in [0, 0.05) is 25.2 Å². The maximum Gasteiger partial charge on any atom is 0.240 e. The van der Waals surface area contributed by atoms with Crippen LogP contribution in [0.3, 0.4) is 0 Å². The van der Waals surface area contributed by atoms with Crippen LogP contribution in [0.4, 0.5) is 0 Å². The molecule has 2 N–H and O–H groups in total. The van der Waals surface area contributed by atoms with Crippen molar-refractivity contribution in [2.45, 2.75) is 16.3 Å². The van der Waals surface area contributed by atoms with E-state index >= 15 is 0 Å². The minimum Gasteiger partial charge on any atom is -0.383 e. The van der Waals surface area contributed by atoms with Crippen molar-refractivity contribution in [2.24, 2.45) is 0 Å². The Morgan fingerprint density at radius 1 is 0.846 bits per heavy atom. The summed E-state index contributed by atoms with van der Waals surface area (Å²) >= 11 is 5.75. The molecular formula is C16H19ClN2O5S2. The highest BCUT2D eigenvalue weighted by Gasteiger charge is 2.15. The van der Waals surface area contributed by atoms with Crippen LogP contribution in [0.1, 0.15) is 5.56 Å². The number of hydrogen-bond donors (Lipinski definition) is 2. The second-order valence-electron chi connectivity index (χ2n) is 5.31. The van der Waals surface area contributed by atoms with Gasteiger partial charge in [-0.3, -0.25) is 0 Å². The molecule has 0 radical (unpaired) electrons. The Balaban J connectivity index is 2.02. The van der Waals surface area contributed by atoms with Crippen molar-refractivity contribution in [3.05, 3.63) is 59.1 Å². The molecule has 2 aromatic rings. The highest BCUT2D eigenvalue weighted by atomic mass is 35.5. The average Bonchev–Trinajstić information content (AvgIpc) is 2.61. The Labute approximate surface area is 158 Å². The molecular weight excluding hydrogens is 400 g/mol. The molecule has 0 unspecified atom stereocenters. The molecule has 0 aliphatic carbocycles. The van der Waals surface area contributed by atoms with E-state index in [0.29, 0.717) is 10.6 Å². The summed E-state index contributed by atoms with van der Waals surface area (Å²) in [6.45, 7) is 0.466. The van der Waals surface area contributed by atoms with Gasteiger partial charge in [0.1, 0.15) is 0 Å². The quantitative estimate of drug-likeness (QED) is 0.604. The van der Waals surface area contributed by atoms with Crippen molar-refractivity contribution >= 4 is 31.6 Å². The predicted molar refractivity (Wildman–Crippen MR) is 99.0 cm³/mol. The first kappa shape index (κ1) is 20.8. The van der Waals surface area contributed by atoms with Gasteiger partial charge < -0.3 is 4.74 Å². The highest BCUT2D eigenvalue weighted by molar-refractivity contribution is 7.89. The van der Waals surface area contributed by atoms with Gasteiger partial charge in [0.05, 0.1) is 16.4 Å². The van der Waals surface area contributed by atoms with Crippen molar-refractivity contribution < 1.29 is 21.6 Å². The van der Waals surface area contributed by atoms with Crippen LogP contribution in [0, 0.1) is 0 Å². The topological polar surface area (TPSA) is 102 Å². The van der Waals surface area contributed by atoms with Crippen molar-refractivity contribution in [3.63, 3.8) is 0 Å². The van der Waals surface area contributed by atoms with Crippen LogP contribution >= 0.6 is 11.6 Å². The zero-order valence-corrected chi connectivity index (χ0v) is 16.4. The van der Waals surface area contributed by atoms with E-state index in [-0.39, 0.29) is 29.5 Å². The van der Waals surface area contributed by atoms with Gasteiger partial charge >= 0.3 is 0 Å². The van der Waals surface area contributed by atoms with Crippen molar-refractivity contribution in [2.75, 3.05) is 20.3 Å². The Morgan fingerprint density at radius 2 is 1.35 bits per heavy atom. The number of benzene rings is 2. The van der Waals surface area contributed by atoms with Crippen LogP contribution in [-0.4, -0.2) is 37.1 Å². The molecule has 0 aromatic heterocycles. The molecule has 7 nitrogen and oxygen atoms in total. The van der Waals surface area contributed by atoms with E-state index in [2.05, 4.69) is 9.44 Å². The van der Waals surface area contributed by atoms with E-state index in [4.69, 9.17) is 16.3 Å². The fourth-order valence-electron chi connectivity index (χ4n) is 2.02. The largest absolute Gasteiger partial charge is 0.383 e. The van der Waals surface area contributed by atoms with Gasteiger partial charge in [-0.25, -0.2) is 26.3 Å². The van der Waals surface area contributed by atoms with Gasteiger partial charge in [-0.05, 0) is 42.0 Å². The summed E-state index contributed by atoms with van der Waals surface area (Å²) in [4.78, 5) is 0.196. The maximum atomic E-state index is 12.2. The fraction of sp³-hybridized carbons (Fsp3) is 0.250. The molecule has 2 rings (SSSR count). The number of methoxy groups -OCH3 is 1. The van der Waals surface area contributed by atoms with Crippen LogP contribution in [0.15, 0.2) is 58.3 Å². The third kappa shape index (κ3) is 5.76. The summed E-state index contributed by atoms with van der Waals surface area (Å²) in [5, 5.41) is 0.444. The van der Waals surface area contributed by atoms with Crippen LogP contribution in [0.5, 0.6) is 0 Å². The second kappa shape index (κ2) is 8.94. The number of sulfonamides is 2. The molecule has 0 atom stereocenters. The lowest BCUT2D eigenvalue weighted by molar-refractivity contribution is 0.204. The lowest BCUT2D eigenvalue weighted by Crippen LogP contribution is -2.27. The zero-order chi connectivity index (χ0) is 19.2. The second-order valence-corrected chi connectivity index (χ2v) is 9.28. The molecule has 0 aliphatic rings. The molecule has 0 saturated heterocycles. The van der Waals surface area contributed by atoms with Gasteiger partial charge in [0.25, 0.3) is 0 Å². The third-order valence-corrected chi connectivity index (χ3v) is 6.57. The molecule has 0 fully saturated rings. The monoisotopic (exact) mass is 418 g/mol. The Morgan fingerprint density at radius 3 is 1.88 bits per heavy atom. The fourth-order valence-corrected chi connectivity index (χ4v) is 4.18. The molecule has 0 spiro atoms. The first-order chi connectivity index (χ1) is 12.2. The van der Waals surface area contributed by atoms with Gasteiger partial charge in [0.15, 0.2) is 0 Å². The molecule has 2 aromatic carbocycles. The van der Waals surface area contributed by atoms with Crippen LogP contribution in [0.25, 0.3) is 0 Å². The van der Waals surface area contributed by atoms with Gasteiger partial charge in [0.2, 0.25) is 20.0 Å². The van der Waals surface area contributed by atoms with E-state index in [1.807, 2.05) is 0 Å². The minimum atomic E-state index is -3.68. The standard InChI is InChI=1S/C16H19ClN2O5S2/c1-24-11-10-18-25(20,21)15-6-2-13(3-7-15)12-19-26(22,23)16-8-4-14(17)5-9-16/h2-9,18-19H,10-12H2,1H3. The molecule has 0 amide bonds. The van der Waals surface area contributed by atoms with E-state index in [1.165, 1.54) is 43.5 Å². The third-order valence-electron chi connectivity index (χ3n) is 3.42. The van der Waals surface area contributed by atoms with Gasteiger partial charge in [-0.15, -0.1) is 0 Å². The van der Waals surface area contributed by atoms with Crippen LogP contribution < -0.4 is 9.44 Å². The summed E-state index contributed by atoms with van der Waals surface area (Å²) < 4.78 is 58.2. The SMILES string of the molecule is COCCNS(=O)(=O)c1ccc(CNS(=O)(=O)c2ccc(Cl)cc2)cc1. The number of halogens is 1. The molecule has 10 heteroatoms. The maximum absolute atomic E-state index is 12.2. The number of rotatable bonds is 9. The summed E-state index contributed by atoms with van der Waals surface area (Å²) in [6, 6.07) is 11.7. The Hall–Kier alpha value is -1.49. The number of nitrogens with one attached hydrogen (secondary N) is 2. The first-order valence-electron chi connectivity index (χ1n) is 7.57. The average molecular weight is 419 g/mol.